The maximum atomic E-state index is 12.6. The highest BCUT2D eigenvalue weighted by Crippen LogP contribution is 2.37. The van der Waals surface area contributed by atoms with Gasteiger partial charge >= 0.3 is 0 Å². The molecule has 3 aliphatic rings. The zero-order valence-corrected chi connectivity index (χ0v) is 17.5. The molecule has 1 aromatic rings. The van der Waals surface area contributed by atoms with E-state index in [1.165, 1.54) is 4.31 Å². The van der Waals surface area contributed by atoms with Gasteiger partial charge in [-0.05, 0) is 57.1 Å². The number of sulfonamides is 1. The van der Waals surface area contributed by atoms with Gasteiger partial charge < -0.3 is 10.6 Å². The van der Waals surface area contributed by atoms with Gasteiger partial charge in [-0.1, -0.05) is 6.07 Å². The first-order valence-corrected chi connectivity index (χ1v) is 12.1. The van der Waals surface area contributed by atoms with Gasteiger partial charge in [0.05, 0.1) is 11.7 Å². The summed E-state index contributed by atoms with van der Waals surface area (Å²) in [7, 11) is -3.27. The molecule has 1 aromatic heterocycles. The van der Waals surface area contributed by atoms with Gasteiger partial charge in [0.15, 0.2) is 0 Å². The molecule has 9 heteroatoms. The number of piperidine rings is 1. The number of aromatic nitrogens is 1. The lowest BCUT2D eigenvalue weighted by molar-refractivity contribution is -0.130. The molecule has 3 fully saturated rings. The smallest absolute Gasteiger partial charge is 0.236 e. The minimum absolute atomic E-state index is 0.0764. The van der Waals surface area contributed by atoms with E-state index >= 15 is 0 Å². The minimum Gasteiger partial charge on any atom is -0.367 e. The number of amides is 1. The molecule has 2 aliphatic heterocycles. The van der Waals surface area contributed by atoms with E-state index < -0.39 is 10.0 Å². The molecule has 0 spiro atoms. The third-order valence-corrected chi connectivity index (χ3v) is 8.45. The van der Waals surface area contributed by atoms with E-state index in [1.807, 2.05) is 13.0 Å². The van der Waals surface area contributed by atoms with Crippen molar-refractivity contribution in [2.24, 2.45) is 11.8 Å². The molecule has 3 heterocycles. The molecule has 4 unspecified atom stereocenters. The van der Waals surface area contributed by atoms with E-state index in [0.717, 1.165) is 25.7 Å². The first kappa shape index (κ1) is 19.8. The fourth-order valence-electron chi connectivity index (χ4n) is 4.68. The second-order valence-electron chi connectivity index (χ2n) is 8.18. The van der Waals surface area contributed by atoms with Gasteiger partial charge in [0.1, 0.15) is 11.6 Å². The van der Waals surface area contributed by atoms with Crippen molar-refractivity contribution in [1.82, 2.24) is 10.3 Å². The SMILES string of the molecule is C[C@H](Nc1cccc(N2CCCS2(=O)=O)n1)C1CC2CC(Cl)CCC2NC1=O. The lowest BCUT2D eigenvalue weighted by Gasteiger charge is -2.42. The fourth-order valence-corrected chi connectivity index (χ4v) is 6.55. The number of pyridine rings is 1. The van der Waals surface area contributed by atoms with Gasteiger partial charge in [-0.25, -0.2) is 13.4 Å². The predicted molar refractivity (Wildman–Crippen MR) is 110 cm³/mol. The van der Waals surface area contributed by atoms with Crippen LogP contribution in [0.15, 0.2) is 18.2 Å². The molecule has 1 amide bonds. The number of hydrogen-bond donors (Lipinski definition) is 2. The summed E-state index contributed by atoms with van der Waals surface area (Å²) in [5.41, 5.74) is 0. The monoisotopic (exact) mass is 426 g/mol. The molecule has 2 N–H and O–H groups in total. The first-order valence-electron chi connectivity index (χ1n) is 10.0. The van der Waals surface area contributed by atoms with Gasteiger partial charge in [0.25, 0.3) is 0 Å². The van der Waals surface area contributed by atoms with E-state index in [0.29, 0.717) is 30.5 Å². The normalized spacial score (nSPS) is 33.1. The van der Waals surface area contributed by atoms with Crippen molar-refractivity contribution >= 4 is 39.2 Å². The van der Waals surface area contributed by atoms with E-state index in [9.17, 15) is 13.2 Å². The van der Waals surface area contributed by atoms with Crippen LogP contribution in [0.2, 0.25) is 0 Å². The second kappa shape index (κ2) is 7.71. The van der Waals surface area contributed by atoms with E-state index in [1.54, 1.807) is 12.1 Å². The predicted octanol–water partition coefficient (Wildman–Crippen LogP) is 2.33. The van der Waals surface area contributed by atoms with Crippen LogP contribution >= 0.6 is 11.6 Å². The third-order valence-electron chi connectivity index (χ3n) is 6.21. The molecular weight excluding hydrogens is 400 g/mol. The van der Waals surface area contributed by atoms with Crippen molar-refractivity contribution in [1.29, 1.82) is 0 Å². The van der Waals surface area contributed by atoms with Gasteiger partial charge in [-0.2, -0.15) is 0 Å². The van der Waals surface area contributed by atoms with Crippen molar-refractivity contribution in [3.8, 4) is 0 Å². The summed E-state index contributed by atoms with van der Waals surface area (Å²) in [5.74, 6) is 1.50. The topological polar surface area (TPSA) is 91.4 Å². The summed E-state index contributed by atoms with van der Waals surface area (Å²) < 4.78 is 25.7. The van der Waals surface area contributed by atoms with Crippen LogP contribution in [0.25, 0.3) is 0 Å². The first-order chi connectivity index (χ1) is 13.3. The molecular formula is C19H27ClN4O3S. The Balaban J connectivity index is 1.45. The van der Waals surface area contributed by atoms with Crippen LogP contribution in [0.4, 0.5) is 11.6 Å². The highest BCUT2D eigenvalue weighted by Gasteiger charge is 2.41. The van der Waals surface area contributed by atoms with Crippen LogP contribution in [0, 0.1) is 11.8 Å². The average Bonchev–Trinajstić information content (AvgIpc) is 3.00. The van der Waals surface area contributed by atoms with E-state index in [2.05, 4.69) is 15.6 Å². The molecule has 154 valence electrons. The largest absolute Gasteiger partial charge is 0.367 e. The van der Waals surface area contributed by atoms with Crippen LogP contribution in [0.5, 0.6) is 0 Å². The number of halogens is 1. The lowest BCUT2D eigenvalue weighted by Crippen LogP contribution is -2.55. The quantitative estimate of drug-likeness (QED) is 0.721. The Morgan fingerprint density at radius 1 is 1.32 bits per heavy atom. The summed E-state index contributed by atoms with van der Waals surface area (Å²) in [4.78, 5) is 17.1. The summed E-state index contributed by atoms with van der Waals surface area (Å²) in [6.07, 6.45) is 4.28. The zero-order chi connectivity index (χ0) is 19.9. The van der Waals surface area contributed by atoms with Crippen LogP contribution in [0.3, 0.4) is 0 Å². The Morgan fingerprint density at radius 2 is 2.14 bits per heavy atom. The number of fused-ring (bicyclic) bond motifs is 1. The van der Waals surface area contributed by atoms with Crippen molar-refractivity contribution in [3.05, 3.63) is 18.2 Å². The summed E-state index contributed by atoms with van der Waals surface area (Å²) in [6, 6.07) is 5.44. The highest BCUT2D eigenvalue weighted by molar-refractivity contribution is 7.93. The second-order valence-corrected chi connectivity index (χ2v) is 10.8. The Labute approximate surface area is 171 Å². The van der Waals surface area contributed by atoms with Gasteiger partial charge in [-0.3, -0.25) is 9.10 Å². The molecule has 1 aliphatic carbocycles. The zero-order valence-electron chi connectivity index (χ0n) is 16.0. The van der Waals surface area contributed by atoms with Crippen molar-refractivity contribution < 1.29 is 13.2 Å². The Morgan fingerprint density at radius 3 is 2.89 bits per heavy atom. The Kier molecular flexibility index (Phi) is 5.44. The molecule has 5 atom stereocenters. The molecule has 4 rings (SSSR count). The van der Waals surface area contributed by atoms with Gasteiger partial charge in [-0.15, -0.1) is 11.6 Å². The maximum Gasteiger partial charge on any atom is 0.236 e. The van der Waals surface area contributed by atoms with Crippen molar-refractivity contribution in [2.45, 2.75) is 56.5 Å². The molecule has 7 nitrogen and oxygen atoms in total. The minimum atomic E-state index is -3.27. The lowest BCUT2D eigenvalue weighted by atomic mass is 9.74. The molecule has 1 saturated carbocycles. The van der Waals surface area contributed by atoms with Crippen LogP contribution in [-0.4, -0.2) is 49.1 Å². The molecule has 0 radical (unpaired) electrons. The number of rotatable bonds is 4. The third kappa shape index (κ3) is 3.94. The number of hydrogen-bond acceptors (Lipinski definition) is 5. The van der Waals surface area contributed by atoms with Crippen LogP contribution < -0.4 is 14.9 Å². The Hall–Kier alpha value is -1.54. The van der Waals surface area contributed by atoms with Crippen LogP contribution in [-0.2, 0) is 14.8 Å². The number of nitrogens with one attached hydrogen (secondary N) is 2. The number of alkyl halides is 1. The van der Waals surface area contributed by atoms with Crippen molar-refractivity contribution in [2.75, 3.05) is 21.9 Å². The number of anilines is 2. The van der Waals surface area contributed by atoms with Crippen molar-refractivity contribution in [3.63, 3.8) is 0 Å². The van der Waals surface area contributed by atoms with E-state index in [4.69, 9.17) is 11.6 Å². The number of carbonyl (C=O) groups is 1. The van der Waals surface area contributed by atoms with Gasteiger partial charge in [0, 0.05) is 24.0 Å². The fraction of sp³-hybridized carbons (Fsp3) is 0.684. The Bertz CT molecular complexity index is 849. The van der Waals surface area contributed by atoms with E-state index in [-0.39, 0.29) is 35.0 Å². The van der Waals surface area contributed by atoms with Gasteiger partial charge in [0.2, 0.25) is 15.9 Å². The summed E-state index contributed by atoms with van der Waals surface area (Å²) in [5, 5.41) is 6.69. The highest BCUT2D eigenvalue weighted by atomic mass is 35.5. The maximum absolute atomic E-state index is 12.6. The number of carbonyl (C=O) groups excluding carboxylic acids is 1. The summed E-state index contributed by atoms with van der Waals surface area (Å²) in [6.45, 7) is 2.44. The standard InChI is InChI=1S/C19H27ClN4O3S/c1-12(15-11-13-10-14(20)6-7-16(13)22-19(15)25)21-17-4-2-5-18(23-17)24-8-3-9-28(24,26)27/h2,4-5,12-16H,3,6-11H2,1H3,(H,21,23)(H,22,25)/t12-,13?,14?,15?,16?/m0/s1. The molecule has 2 saturated heterocycles. The average molecular weight is 427 g/mol. The molecule has 28 heavy (non-hydrogen) atoms. The molecule has 0 aromatic carbocycles. The van der Waals surface area contributed by atoms with Crippen LogP contribution in [0.1, 0.15) is 39.0 Å². The molecule has 0 bridgehead atoms. The number of nitrogens with zero attached hydrogens (tertiary/aromatic N) is 2. The summed E-state index contributed by atoms with van der Waals surface area (Å²) >= 11 is 6.34.